The Labute approximate surface area is 90.9 Å². The number of halogens is 2. The molecule has 3 nitrogen and oxygen atoms in total. The molecule has 2 aromatic rings. The molecule has 14 heavy (non-hydrogen) atoms. The van der Waals surface area contributed by atoms with Crippen molar-refractivity contribution in [1.82, 2.24) is 9.38 Å². The van der Waals surface area contributed by atoms with Gasteiger partial charge in [0.15, 0.2) is 5.15 Å². The van der Waals surface area contributed by atoms with Crippen LogP contribution in [0.5, 0.6) is 0 Å². The van der Waals surface area contributed by atoms with Crippen molar-refractivity contribution in [3.05, 3.63) is 34.3 Å². The van der Waals surface area contributed by atoms with E-state index in [1.807, 2.05) is 12.3 Å². The summed E-state index contributed by atoms with van der Waals surface area (Å²) in [6.07, 6.45) is 2.29. The molecule has 0 unspecified atom stereocenters. The highest BCUT2D eigenvalue weighted by Crippen LogP contribution is 2.25. The fraction of sp³-hybridized carbons (Fsp3) is 0.222. The number of nitrogens with zero attached hydrogens (tertiary/aromatic N) is 2. The van der Waals surface area contributed by atoms with E-state index in [-0.39, 0.29) is 6.61 Å². The Morgan fingerprint density at radius 3 is 2.93 bits per heavy atom. The van der Waals surface area contributed by atoms with Crippen LogP contribution in [0.3, 0.4) is 0 Å². The largest absolute Gasteiger partial charge is 0.396 e. The number of imidazole rings is 1. The number of hydrogen-bond acceptors (Lipinski definition) is 2. The third kappa shape index (κ3) is 1.47. The summed E-state index contributed by atoms with van der Waals surface area (Å²) in [6.45, 7) is 0.0436. The minimum atomic E-state index is 0.0436. The van der Waals surface area contributed by atoms with Crippen LogP contribution in [0, 0.1) is 0 Å². The third-order valence-electron chi connectivity index (χ3n) is 1.98. The van der Waals surface area contributed by atoms with E-state index in [0.717, 1.165) is 5.82 Å². The van der Waals surface area contributed by atoms with Gasteiger partial charge in [-0.25, -0.2) is 4.98 Å². The number of aromatic nitrogens is 2. The van der Waals surface area contributed by atoms with E-state index in [1.165, 1.54) is 0 Å². The van der Waals surface area contributed by atoms with Gasteiger partial charge in [-0.2, -0.15) is 0 Å². The van der Waals surface area contributed by atoms with Crippen molar-refractivity contribution in [1.29, 1.82) is 0 Å². The lowest BCUT2D eigenvalue weighted by molar-refractivity contribution is 0.296. The smallest absolute Gasteiger partial charge is 0.156 e. The monoisotopic (exact) mass is 230 g/mol. The molecule has 0 saturated carbocycles. The minimum absolute atomic E-state index is 0.0436. The molecule has 0 aromatic carbocycles. The van der Waals surface area contributed by atoms with Crippen molar-refractivity contribution in [2.24, 2.45) is 0 Å². The first kappa shape index (κ1) is 9.77. The van der Waals surface area contributed by atoms with Gasteiger partial charge in [-0.3, -0.25) is 0 Å². The Hall–Kier alpha value is -0.770. The Morgan fingerprint density at radius 2 is 2.21 bits per heavy atom. The molecule has 2 aromatic heterocycles. The van der Waals surface area contributed by atoms with Crippen LogP contribution < -0.4 is 0 Å². The zero-order valence-electron chi connectivity index (χ0n) is 7.24. The maximum absolute atomic E-state index is 8.83. The topological polar surface area (TPSA) is 37.5 Å². The third-order valence-corrected chi connectivity index (χ3v) is 2.55. The maximum atomic E-state index is 8.83. The molecule has 2 rings (SSSR count). The standard InChI is InChI=1S/C9H8Cl2N2O/c10-6-2-1-4-13-7(3-5-14)12-9(11)8(6)13/h1-2,4,14H,3,5H2. The molecule has 5 heteroatoms. The molecular formula is C9H8Cl2N2O. The van der Waals surface area contributed by atoms with E-state index in [4.69, 9.17) is 28.3 Å². The first-order valence-corrected chi connectivity index (χ1v) is 4.91. The molecule has 0 spiro atoms. The highest BCUT2D eigenvalue weighted by atomic mass is 35.5. The second-order valence-electron chi connectivity index (χ2n) is 2.87. The predicted molar refractivity (Wildman–Crippen MR) is 56.0 cm³/mol. The van der Waals surface area contributed by atoms with Crippen LogP contribution in [0.2, 0.25) is 10.2 Å². The van der Waals surface area contributed by atoms with Crippen LogP contribution >= 0.6 is 23.2 Å². The van der Waals surface area contributed by atoms with Crippen LogP contribution in [0.1, 0.15) is 5.82 Å². The molecule has 74 valence electrons. The number of rotatable bonds is 2. The first-order valence-electron chi connectivity index (χ1n) is 4.16. The molecule has 0 aliphatic rings. The highest BCUT2D eigenvalue weighted by molar-refractivity contribution is 6.39. The van der Waals surface area contributed by atoms with Gasteiger partial charge < -0.3 is 9.51 Å². The molecule has 0 saturated heterocycles. The van der Waals surface area contributed by atoms with Crippen molar-refractivity contribution >= 4 is 28.7 Å². The molecular weight excluding hydrogens is 223 g/mol. The summed E-state index contributed by atoms with van der Waals surface area (Å²) in [4.78, 5) is 4.12. The summed E-state index contributed by atoms with van der Waals surface area (Å²) in [7, 11) is 0. The van der Waals surface area contributed by atoms with E-state index < -0.39 is 0 Å². The van der Waals surface area contributed by atoms with Crippen LogP contribution in [0.25, 0.3) is 5.52 Å². The fourth-order valence-electron chi connectivity index (χ4n) is 1.39. The van der Waals surface area contributed by atoms with Gasteiger partial charge in [-0.1, -0.05) is 23.2 Å². The van der Waals surface area contributed by atoms with Gasteiger partial charge in [-0.05, 0) is 12.1 Å². The van der Waals surface area contributed by atoms with Gasteiger partial charge in [-0.15, -0.1) is 0 Å². The second kappa shape index (κ2) is 3.77. The normalized spacial score (nSPS) is 11.1. The van der Waals surface area contributed by atoms with E-state index in [2.05, 4.69) is 4.98 Å². The van der Waals surface area contributed by atoms with Crippen molar-refractivity contribution in [2.45, 2.75) is 6.42 Å². The number of hydrogen-bond donors (Lipinski definition) is 1. The number of aliphatic hydroxyl groups excluding tert-OH is 1. The Bertz CT molecular complexity index is 467. The molecule has 0 fully saturated rings. The molecule has 2 heterocycles. The van der Waals surface area contributed by atoms with Crippen LogP contribution in [0.4, 0.5) is 0 Å². The average molecular weight is 231 g/mol. The van der Waals surface area contributed by atoms with E-state index in [0.29, 0.717) is 22.1 Å². The summed E-state index contributed by atoms with van der Waals surface area (Å²) >= 11 is 11.9. The van der Waals surface area contributed by atoms with Gasteiger partial charge in [0.2, 0.25) is 0 Å². The molecule has 0 aliphatic heterocycles. The second-order valence-corrected chi connectivity index (χ2v) is 3.63. The lowest BCUT2D eigenvalue weighted by atomic mass is 10.4. The summed E-state index contributed by atoms with van der Waals surface area (Å²) in [5.74, 6) is 0.718. The fourth-order valence-corrected chi connectivity index (χ4v) is 1.98. The highest BCUT2D eigenvalue weighted by Gasteiger charge is 2.10. The number of pyridine rings is 1. The average Bonchev–Trinajstić information content (AvgIpc) is 2.46. The quantitative estimate of drug-likeness (QED) is 0.859. The summed E-state index contributed by atoms with van der Waals surface area (Å²) in [6, 6.07) is 3.57. The lowest BCUT2D eigenvalue weighted by Crippen LogP contribution is -1.97. The summed E-state index contributed by atoms with van der Waals surface area (Å²) < 4.78 is 1.79. The van der Waals surface area contributed by atoms with Crippen molar-refractivity contribution in [3.63, 3.8) is 0 Å². The Morgan fingerprint density at radius 1 is 1.43 bits per heavy atom. The minimum Gasteiger partial charge on any atom is -0.396 e. The number of aliphatic hydroxyl groups is 1. The first-order chi connectivity index (χ1) is 6.74. The molecule has 1 N–H and O–H groups in total. The zero-order valence-corrected chi connectivity index (χ0v) is 8.76. The summed E-state index contributed by atoms with van der Waals surface area (Å²) in [5, 5.41) is 9.77. The molecule has 0 amide bonds. The number of fused-ring (bicyclic) bond motifs is 1. The van der Waals surface area contributed by atoms with Gasteiger partial charge >= 0.3 is 0 Å². The zero-order chi connectivity index (χ0) is 10.1. The Kier molecular flexibility index (Phi) is 2.63. The predicted octanol–water partition coefficient (Wildman–Crippen LogP) is 2.18. The summed E-state index contributed by atoms with van der Waals surface area (Å²) in [5.41, 5.74) is 0.694. The van der Waals surface area contributed by atoms with Crippen molar-refractivity contribution in [2.75, 3.05) is 6.61 Å². The van der Waals surface area contributed by atoms with E-state index in [1.54, 1.807) is 10.5 Å². The SMILES string of the molecule is OCCc1nc(Cl)c2c(Cl)cccn12. The molecule has 0 atom stereocenters. The van der Waals surface area contributed by atoms with Gasteiger partial charge in [0, 0.05) is 12.6 Å². The van der Waals surface area contributed by atoms with E-state index >= 15 is 0 Å². The van der Waals surface area contributed by atoms with Crippen LogP contribution in [0.15, 0.2) is 18.3 Å². The van der Waals surface area contributed by atoms with E-state index in [9.17, 15) is 0 Å². The molecule has 0 aliphatic carbocycles. The lowest BCUT2D eigenvalue weighted by Gasteiger charge is -1.99. The van der Waals surface area contributed by atoms with Crippen LogP contribution in [-0.2, 0) is 6.42 Å². The molecule has 0 radical (unpaired) electrons. The van der Waals surface area contributed by atoms with Crippen molar-refractivity contribution < 1.29 is 5.11 Å². The van der Waals surface area contributed by atoms with Gasteiger partial charge in [0.25, 0.3) is 0 Å². The van der Waals surface area contributed by atoms with Gasteiger partial charge in [0.05, 0.1) is 11.6 Å². The Balaban J connectivity index is 2.71. The van der Waals surface area contributed by atoms with Crippen LogP contribution in [-0.4, -0.2) is 21.1 Å². The van der Waals surface area contributed by atoms with Gasteiger partial charge in [0.1, 0.15) is 11.3 Å². The van der Waals surface area contributed by atoms with Crippen molar-refractivity contribution in [3.8, 4) is 0 Å². The molecule has 0 bridgehead atoms. The maximum Gasteiger partial charge on any atom is 0.156 e.